The number of phenols is 2. The van der Waals surface area contributed by atoms with Gasteiger partial charge in [-0.25, -0.2) is 0 Å². The maximum absolute atomic E-state index is 9.47. The number of phenolic OH excluding ortho intramolecular Hbond substituents is 2. The van der Waals surface area contributed by atoms with Crippen LogP contribution in [0, 0.1) is 0 Å². The average Bonchev–Trinajstić information content (AvgIpc) is 2.28. The van der Waals surface area contributed by atoms with E-state index in [9.17, 15) is 10.2 Å². The molecular formula is C13H19NO2. The lowest BCUT2D eigenvalue weighted by molar-refractivity contribution is 0.249. The van der Waals surface area contributed by atoms with E-state index in [0.29, 0.717) is 0 Å². The lowest BCUT2D eigenvalue weighted by Crippen LogP contribution is -2.31. The van der Waals surface area contributed by atoms with E-state index in [1.54, 1.807) is 12.1 Å². The van der Waals surface area contributed by atoms with Crippen LogP contribution in [0.5, 0.6) is 11.5 Å². The average molecular weight is 221 g/mol. The minimum Gasteiger partial charge on any atom is -0.504 e. The molecule has 0 atom stereocenters. The highest BCUT2D eigenvalue weighted by Crippen LogP contribution is 2.31. The summed E-state index contributed by atoms with van der Waals surface area (Å²) in [6.45, 7) is 5.26. The number of hydrogen-bond donors (Lipinski definition) is 2. The first kappa shape index (κ1) is 11.3. The third-order valence-electron chi connectivity index (χ3n) is 3.22. The summed E-state index contributed by atoms with van der Waals surface area (Å²) in [5.41, 5.74) is 2.32. The van der Waals surface area contributed by atoms with Crippen LogP contribution in [0.1, 0.15) is 30.9 Å². The largest absolute Gasteiger partial charge is 0.504 e. The first-order valence-corrected chi connectivity index (χ1v) is 5.96. The highest BCUT2D eigenvalue weighted by Gasteiger charge is 2.17. The zero-order valence-electron chi connectivity index (χ0n) is 9.74. The molecule has 0 fully saturated rings. The number of rotatable bonds is 3. The van der Waals surface area contributed by atoms with Gasteiger partial charge in [-0.05, 0) is 42.6 Å². The molecule has 0 aliphatic carbocycles. The summed E-state index contributed by atoms with van der Waals surface area (Å²) >= 11 is 0. The van der Waals surface area contributed by atoms with Crippen LogP contribution < -0.4 is 0 Å². The predicted molar refractivity (Wildman–Crippen MR) is 63.7 cm³/mol. The van der Waals surface area contributed by atoms with Crippen LogP contribution in [-0.4, -0.2) is 28.2 Å². The van der Waals surface area contributed by atoms with E-state index in [0.717, 1.165) is 31.6 Å². The van der Waals surface area contributed by atoms with Gasteiger partial charge in [0.05, 0.1) is 0 Å². The van der Waals surface area contributed by atoms with E-state index in [1.165, 1.54) is 18.4 Å². The monoisotopic (exact) mass is 221 g/mol. The number of benzene rings is 1. The third-order valence-corrected chi connectivity index (χ3v) is 3.22. The molecule has 1 heterocycles. The Balaban J connectivity index is 2.11. The van der Waals surface area contributed by atoms with Gasteiger partial charge in [0.2, 0.25) is 0 Å². The molecule has 88 valence electrons. The first-order chi connectivity index (χ1) is 7.70. The summed E-state index contributed by atoms with van der Waals surface area (Å²) in [5, 5.41) is 18.9. The van der Waals surface area contributed by atoms with Crippen LogP contribution in [-0.2, 0) is 13.0 Å². The molecule has 1 aliphatic heterocycles. The molecule has 2 rings (SSSR count). The van der Waals surface area contributed by atoms with Crippen molar-refractivity contribution in [3.8, 4) is 11.5 Å². The molecule has 3 nitrogen and oxygen atoms in total. The molecule has 0 aromatic heterocycles. The van der Waals surface area contributed by atoms with Gasteiger partial charge in [0.15, 0.2) is 11.5 Å². The van der Waals surface area contributed by atoms with E-state index in [-0.39, 0.29) is 11.5 Å². The Morgan fingerprint density at radius 3 is 2.56 bits per heavy atom. The summed E-state index contributed by atoms with van der Waals surface area (Å²) < 4.78 is 0. The Morgan fingerprint density at radius 2 is 1.88 bits per heavy atom. The van der Waals surface area contributed by atoms with Crippen LogP contribution in [0.15, 0.2) is 12.1 Å². The summed E-state index contributed by atoms with van der Waals surface area (Å²) in [6.07, 6.45) is 3.40. The van der Waals surface area contributed by atoms with E-state index in [1.807, 2.05) is 0 Å². The molecule has 3 heteroatoms. The molecule has 1 aliphatic rings. The Bertz CT molecular complexity index is 376. The zero-order chi connectivity index (χ0) is 11.5. The molecule has 2 N–H and O–H groups in total. The van der Waals surface area contributed by atoms with E-state index >= 15 is 0 Å². The topological polar surface area (TPSA) is 43.7 Å². The number of nitrogens with zero attached hydrogens (tertiary/aromatic N) is 1. The second-order valence-electron chi connectivity index (χ2n) is 4.49. The van der Waals surface area contributed by atoms with E-state index in [2.05, 4.69) is 11.8 Å². The first-order valence-electron chi connectivity index (χ1n) is 5.96. The SMILES string of the molecule is CCCCN1CCc2cc(O)c(O)cc2C1. The fourth-order valence-corrected chi connectivity index (χ4v) is 2.21. The summed E-state index contributed by atoms with van der Waals surface area (Å²) in [6, 6.07) is 3.39. The maximum atomic E-state index is 9.47. The minimum atomic E-state index is -0.00362. The van der Waals surface area contributed by atoms with Crippen LogP contribution in [0.3, 0.4) is 0 Å². The zero-order valence-corrected chi connectivity index (χ0v) is 9.74. The molecule has 0 saturated carbocycles. The van der Waals surface area contributed by atoms with Gasteiger partial charge in [-0.1, -0.05) is 13.3 Å². The predicted octanol–water partition coefficient (Wildman–Crippen LogP) is 2.26. The van der Waals surface area contributed by atoms with Gasteiger partial charge in [0.1, 0.15) is 0 Å². The van der Waals surface area contributed by atoms with Gasteiger partial charge in [0.25, 0.3) is 0 Å². The van der Waals surface area contributed by atoms with Crippen molar-refractivity contribution in [2.24, 2.45) is 0 Å². The smallest absolute Gasteiger partial charge is 0.157 e. The van der Waals surface area contributed by atoms with Crippen molar-refractivity contribution in [2.45, 2.75) is 32.7 Å². The van der Waals surface area contributed by atoms with Crippen molar-refractivity contribution in [3.05, 3.63) is 23.3 Å². The van der Waals surface area contributed by atoms with Gasteiger partial charge in [-0.3, -0.25) is 4.90 Å². The Labute approximate surface area is 96.3 Å². The normalized spacial score (nSPS) is 16.1. The van der Waals surface area contributed by atoms with Gasteiger partial charge >= 0.3 is 0 Å². The lowest BCUT2D eigenvalue weighted by atomic mass is 9.98. The molecule has 16 heavy (non-hydrogen) atoms. The molecule has 0 radical (unpaired) electrons. The molecule has 1 aromatic rings. The van der Waals surface area contributed by atoms with Gasteiger partial charge in [-0.15, -0.1) is 0 Å². The van der Waals surface area contributed by atoms with Gasteiger partial charge < -0.3 is 10.2 Å². The fourth-order valence-electron chi connectivity index (χ4n) is 2.21. The Morgan fingerprint density at radius 1 is 1.19 bits per heavy atom. The fraction of sp³-hybridized carbons (Fsp3) is 0.538. The number of hydrogen-bond acceptors (Lipinski definition) is 3. The van der Waals surface area contributed by atoms with Gasteiger partial charge in [-0.2, -0.15) is 0 Å². The highest BCUT2D eigenvalue weighted by molar-refractivity contribution is 5.46. The molecule has 0 amide bonds. The highest BCUT2D eigenvalue weighted by atomic mass is 16.3. The van der Waals surface area contributed by atoms with Crippen LogP contribution in [0.4, 0.5) is 0 Å². The number of aromatic hydroxyl groups is 2. The number of unbranched alkanes of at least 4 members (excludes halogenated alkanes) is 1. The second-order valence-corrected chi connectivity index (χ2v) is 4.49. The van der Waals surface area contributed by atoms with Crippen molar-refractivity contribution in [1.82, 2.24) is 4.90 Å². The third kappa shape index (κ3) is 2.30. The molecule has 0 spiro atoms. The molecule has 1 aromatic carbocycles. The van der Waals surface area contributed by atoms with E-state index < -0.39 is 0 Å². The molecular weight excluding hydrogens is 202 g/mol. The lowest BCUT2D eigenvalue weighted by Gasteiger charge is -2.28. The molecule has 0 bridgehead atoms. The summed E-state index contributed by atoms with van der Waals surface area (Å²) in [5.74, 6) is -0.00292. The second kappa shape index (κ2) is 4.74. The quantitative estimate of drug-likeness (QED) is 0.769. The van der Waals surface area contributed by atoms with Crippen molar-refractivity contribution in [2.75, 3.05) is 13.1 Å². The van der Waals surface area contributed by atoms with Crippen LogP contribution >= 0.6 is 0 Å². The van der Waals surface area contributed by atoms with Crippen molar-refractivity contribution in [1.29, 1.82) is 0 Å². The molecule has 0 saturated heterocycles. The minimum absolute atomic E-state index is 0.000702. The number of fused-ring (bicyclic) bond motifs is 1. The Hall–Kier alpha value is -1.22. The van der Waals surface area contributed by atoms with Crippen molar-refractivity contribution >= 4 is 0 Å². The van der Waals surface area contributed by atoms with E-state index in [4.69, 9.17) is 0 Å². The molecule has 0 unspecified atom stereocenters. The van der Waals surface area contributed by atoms with Crippen LogP contribution in [0.25, 0.3) is 0 Å². The van der Waals surface area contributed by atoms with Crippen molar-refractivity contribution in [3.63, 3.8) is 0 Å². The standard InChI is InChI=1S/C13H19NO2/c1-2-3-5-14-6-4-10-7-12(15)13(16)8-11(10)9-14/h7-8,15-16H,2-6,9H2,1H3. The Kier molecular flexibility index (Phi) is 3.34. The maximum Gasteiger partial charge on any atom is 0.157 e. The summed E-state index contributed by atoms with van der Waals surface area (Å²) in [7, 11) is 0. The van der Waals surface area contributed by atoms with Gasteiger partial charge in [0, 0.05) is 13.1 Å². The summed E-state index contributed by atoms with van der Waals surface area (Å²) in [4.78, 5) is 2.41. The van der Waals surface area contributed by atoms with Crippen LogP contribution in [0.2, 0.25) is 0 Å². The van der Waals surface area contributed by atoms with Crippen molar-refractivity contribution < 1.29 is 10.2 Å².